The number of nitrogens with zero attached hydrogens (tertiary/aromatic N) is 2. The zero-order valence-electron chi connectivity index (χ0n) is 10.7. The lowest BCUT2D eigenvalue weighted by Crippen LogP contribution is -2.39. The monoisotopic (exact) mass is 416 g/mol. The van der Waals surface area contributed by atoms with Gasteiger partial charge in [0.2, 0.25) is 15.9 Å². The lowest BCUT2D eigenvalue weighted by atomic mass is 10.3. The van der Waals surface area contributed by atoms with Gasteiger partial charge in [-0.15, -0.1) is 0 Å². The topological polar surface area (TPSA) is 57.7 Å². The maximum Gasteiger partial charge on any atom is 0.242 e. The fraction of sp³-hybridized carbons (Fsp3) is 0.364. The van der Waals surface area contributed by atoms with Gasteiger partial charge in [0.15, 0.2) is 0 Å². The van der Waals surface area contributed by atoms with Crippen molar-refractivity contribution in [2.24, 2.45) is 0 Å². The van der Waals surface area contributed by atoms with Crippen molar-refractivity contribution in [1.29, 1.82) is 0 Å². The van der Waals surface area contributed by atoms with Gasteiger partial charge < -0.3 is 4.90 Å². The summed E-state index contributed by atoms with van der Waals surface area (Å²) < 4.78 is 25.4. The predicted molar refractivity (Wildman–Crippen MR) is 85.1 cm³/mol. The zero-order valence-corrected chi connectivity index (χ0v) is 14.5. The molecule has 19 heavy (non-hydrogen) atoms. The molecular weight excluding hydrogens is 403 g/mol. The number of anilines is 1. The molecular formula is C11H14ClIN2O3S. The van der Waals surface area contributed by atoms with E-state index in [1.165, 1.54) is 4.90 Å². The molecule has 0 saturated carbocycles. The second-order valence-corrected chi connectivity index (χ2v) is 7.63. The van der Waals surface area contributed by atoms with Crippen molar-refractivity contribution in [3.63, 3.8) is 0 Å². The van der Waals surface area contributed by atoms with Gasteiger partial charge in [-0.05, 0) is 40.8 Å². The third-order valence-electron chi connectivity index (χ3n) is 2.37. The summed E-state index contributed by atoms with van der Waals surface area (Å²) in [5.41, 5.74) is 0.423. The maximum absolute atomic E-state index is 11.8. The molecule has 0 aliphatic rings. The van der Waals surface area contributed by atoms with Crippen LogP contribution in [0, 0.1) is 3.57 Å². The van der Waals surface area contributed by atoms with Crippen LogP contribution in [-0.4, -0.2) is 46.1 Å². The average molecular weight is 417 g/mol. The molecule has 0 bridgehead atoms. The van der Waals surface area contributed by atoms with Gasteiger partial charge in [0.25, 0.3) is 0 Å². The quantitative estimate of drug-likeness (QED) is 0.703. The summed E-state index contributed by atoms with van der Waals surface area (Å²) >= 11 is 7.91. The van der Waals surface area contributed by atoms with Crippen LogP contribution < -0.4 is 4.31 Å². The van der Waals surface area contributed by atoms with Gasteiger partial charge >= 0.3 is 0 Å². The first-order valence-corrected chi connectivity index (χ1v) is 8.56. The zero-order chi connectivity index (χ0) is 14.8. The Bertz CT molecular complexity index is 590. The van der Waals surface area contributed by atoms with Crippen LogP contribution in [0.15, 0.2) is 18.2 Å². The van der Waals surface area contributed by atoms with E-state index < -0.39 is 10.0 Å². The summed E-state index contributed by atoms with van der Waals surface area (Å²) in [6.07, 6.45) is 1.07. The first-order chi connectivity index (χ1) is 8.62. The highest BCUT2D eigenvalue weighted by molar-refractivity contribution is 14.1. The Labute approximate surface area is 131 Å². The minimum absolute atomic E-state index is 0.233. The molecule has 106 valence electrons. The Kier molecular flexibility index (Phi) is 5.45. The minimum atomic E-state index is -3.54. The molecule has 8 heteroatoms. The van der Waals surface area contributed by atoms with Crippen LogP contribution in [0.25, 0.3) is 0 Å². The summed E-state index contributed by atoms with van der Waals surface area (Å²) in [5.74, 6) is -0.296. The van der Waals surface area contributed by atoms with Crippen LogP contribution >= 0.6 is 34.2 Å². The smallest absolute Gasteiger partial charge is 0.242 e. The van der Waals surface area contributed by atoms with Gasteiger partial charge in [0.1, 0.15) is 6.54 Å². The van der Waals surface area contributed by atoms with Crippen LogP contribution in [0.2, 0.25) is 5.02 Å². The molecule has 0 unspecified atom stereocenters. The first-order valence-electron chi connectivity index (χ1n) is 5.26. The number of halogens is 2. The summed E-state index contributed by atoms with van der Waals surface area (Å²) in [6.45, 7) is -0.233. The minimum Gasteiger partial charge on any atom is -0.347 e. The summed E-state index contributed by atoms with van der Waals surface area (Å²) in [4.78, 5) is 13.1. The number of amides is 1. The summed E-state index contributed by atoms with van der Waals surface area (Å²) in [6, 6.07) is 4.82. The molecule has 0 fully saturated rings. The van der Waals surface area contributed by atoms with E-state index in [2.05, 4.69) is 0 Å². The number of carbonyl (C=O) groups excluding carboxylic acids is 1. The van der Waals surface area contributed by atoms with Gasteiger partial charge in [-0.25, -0.2) is 8.42 Å². The molecule has 0 spiro atoms. The molecule has 0 aliphatic carbocycles. The summed E-state index contributed by atoms with van der Waals surface area (Å²) in [5, 5.41) is 0.539. The molecule has 0 saturated heterocycles. The van der Waals surface area contributed by atoms with Crippen molar-refractivity contribution in [2.45, 2.75) is 0 Å². The normalized spacial score (nSPS) is 11.2. The van der Waals surface area contributed by atoms with E-state index in [0.717, 1.165) is 14.1 Å². The molecule has 1 rings (SSSR count). The van der Waals surface area contributed by atoms with E-state index in [-0.39, 0.29) is 12.5 Å². The molecule has 0 N–H and O–H groups in total. The van der Waals surface area contributed by atoms with Crippen LogP contribution in [0.3, 0.4) is 0 Å². The Morgan fingerprint density at radius 2 is 1.95 bits per heavy atom. The van der Waals surface area contributed by atoms with E-state index in [4.69, 9.17) is 11.6 Å². The molecule has 1 aromatic carbocycles. The van der Waals surface area contributed by atoms with Crippen LogP contribution in [0.5, 0.6) is 0 Å². The molecule has 0 aromatic heterocycles. The Morgan fingerprint density at radius 1 is 1.37 bits per heavy atom. The molecule has 1 amide bonds. The lowest BCUT2D eigenvalue weighted by Gasteiger charge is -2.23. The largest absolute Gasteiger partial charge is 0.347 e. The van der Waals surface area contributed by atoms with Crippen LogP contribution in [0.1, 0.15) is 0 Å². The van der Waals surface area contributed by atoms with Gasteiger partial charge in [0.05, 0.1) is 17.0 Å². The number of sulfonamides is 1. The number of rotatable bonds is 4. The van der Waals surface area contributed by atoms with E-state index in [0.29, 0.717) is 10.7 Å². The number of likely N-dealkylation sites (N-methyl/N-ethyl adjacent to an activating group) is 1. The summed E-state index contributed by atoms with van der Waals surface area (Å²) in [7, 11) is -0.381. The van der Waals surface area contributed by atoms with E-state index in [9.17, 15) is 13.2 Å². The molecule has 0 aliphatic heterocycles. The number of carbonyl (C=O) groups is 1. The molecule has 1 aromatic rings. The predicted octanol–water partition coefficient (Wildman–Crippen LogP) is 1.80. The van der Waals surface area contributed by atoms with Gasteiger partial charge in [-0.2, -0.15) is 0 Å². The third-order valence-corrected chi connectivity index (χ3v) is 5.05. The van der Waals surface area contributed by atoms with Gasteiger partial charge in [-0.3, -0.25) is 9.10 Å². The standard InChI is InChI=1S/C11H14ClIN2O3S/c1-14(2)11(16)7-15(19(3,17)18)8-4-5-9(12)10(13)6-8/h4-6H,7H2,1-3H3. The second kappa shape index (κ2) is 6.27. The molecule has 0 heterocycles. The maximum atomic E-state index is 11.8. The fourth-order valence-corrected chi connectivity index (χ4v) is 2.76. The van der Waals surface area contributed by atoms with E-state index in [1.807, 2.05) is 22.6 Å². The highest BCUT2D eigenvalue weighted by atomic mass is 127. The van der Waals surface area contributed by atoms with E-state index in [1.54, 1.807) is 32.3 Å². The third kappa shape index (κ3) is 4.50. The Morgan fingerprint density at radius 3 is 2.37 bits per heavy atom. The Balaban J connectivity index is 3.18. The van der Waals surface area contributed by atoms with Crippen molar-refractivity contribution in [1.82, 2.24) is 4.90 Å². The number of benzene rings is 1. The second-order valence-electron chi connectivity index (χ2n) is 4.16. The molecule has 5 nitrogen and oxygen atoms in total. The van der Waals surface area contributed by atoms with Crippen molar-refractivity contribution < 1.29 is 13.2 Å². The van der Waals surface area contributed by atoms with Crippen molar-refractivity contribution in [3.8, 4) is 0 Å². The SMILES string of the molecule is CN(C)C(=O)CN(c1ccc(Cl)c(I)c1)S(C)(=O)=O. The highest BCUT2D eigenvalue weighted by Crippen LogP contribution is 2.25. The number of hydrogen-bond acceptors (Lipinski definition) is 3. The van der Waals surface area contributed by atoms with Crippen molar-refractivity contribution >= 4 is 55.8 Å². The van der Waals surface area contributed by atoms with Gasteiger partial charge in [-0.1, -0.05) is 11.6 Å². The molecule has 0 atom stereocenters. The molecule has 0 radical (unpaired) electrons. The first kappa shape index (κ1) is 16.5. The van der Waals surface area contributed by atoms with Gasteiger partial charge in [0, 0.05) is 17.7 Å². The van der Waals surface area contributed by atoms with Crippen molar-refractivity contribution in [2.75, 3.05) is 31.2 Å². The van der Waals surface area contributed by atoms with E-state index >= 15 is 0 Å². The lowest BCUT2D eigenvalue weighted by molar-refractivity contribution is -0.127. The van der Waals surface area contributed by atoms with Crippen LogP contribution in [-0.2, 0) is 14.8 Å². The Hall–Kier alpha value is -0.540. The average Bonchev–Trinajstić information content (AvgIpc) is 2.27. The van der Waals surface area contributed by atoms with Crippen molar-refractivity contribution in [3.05, 3.63) is 26.8 Å². The fourth-order valence-electron chi connectivity index (χ4n) is 1.30. The van der Waals surface area contributed by atoms with Crippen LogP contribution in [0.4, 0.5) is 5.69 Å². The highest BCUT2D eigenvalue weighted by Gasteiger charge is 2.22. The number of hydrogen-bond donors (Lipinski definition) is 0.